The number of imide groups is 1. The van der Waals surface area contributed by atoms with Gasteiger partial charge in [-0.1, -0.05) is 6.07 Å². The van der Waals surface area contributed by atoms with Gasteiger partial charge < -0.3 is 15.8 Å². The summed E-state index contributed by atoms with van der Waals surface area (Å²) >= 11 is 0. The predicted octanol–water partition coefficient (Wildman–Crippen LogP) is 1.80. The Labute approximate surface area is 139 Å². The number of methoxy groups -OCH3 is 1. The van der Waals surface area contributed by atoms with Crippen molar-refractivity contribution in [1.29, 1.82) is 0 Å². The van der Waals surface area contributed by atoms with Crippen LogP contribution in [0.1, 0.15) is 6.92 Å². The zero-order valence-corrected chi connectivity index (χ0v) is 13.3. The van der Waals surface area contributed by atoms with Crippen molar-refractivity contribution < 1.29 is 19.1 Å². The van der Waals surface area contributed by atoms with E-state index in [2.05, 4.69) is 5.32 Å². The minimum Gasteiger partial charge on any atom is -0.497 e. The molecule has 2 aromatic rings. The summed E-state index contributed by atoms with van der Waals surface area (Å²) in [7, 11) is 1.52. The Morgan fingerprint density at radius 1 is 1.08 bits per heavy atom. The van der Waals surface area contributed by atoms with Crippen LogP contribution in [0, 0.1) is 0 Å². The van der Waals surface area contributed by atoms with Crippen molar-refractivity contribution in [2.75, 3.05) is 23.1 Å². The molecule has 0 aromatic heterocycles. The summed E-state index contributed by atoms with van der Waals surface area (Å²) < 4.78 is 5.02. The van der Waals surface area contributed by atoms with Gasteiger partial charge in [-0.25, -0.2) is 4.90 Å². The molecule has 0 aliphatic rings. The van der Waals surface area contributed by atoms with E-state index in [1.165, 1.54) is 26.2 Å². The molecule has 0 radical (unpaired) electrons. The van der Waals surface area contributed by atoms with Crippen LogP contribution in [0.2, 0.25) is 0 Å². The maximum absolute atomic E-state index is 12.4. The predicted molar refractivity (Wildman–Crippen MR) is 90.6 cm³/mol. The number of hydrogen-bond donors (Lipinski definition) is 2. The first-order chi connectivity index (χ1) is 11.4. The lowest BCUT2D eigenvalue weighted by molar-refractivity contribution is -0.136. The van der Waals surface area contributed by atoms with Gasteiger partial charge in [0.15, 0.2) is 0 Å². The third-order valence-corrected chi connectivity index (χ3v) is 3.19. The summed E-state index contributed by atoms with van der Waals surface area (Å²) in [5.41, 5.74) is 6.68. The summed E-state index contributed by atoms with van der Waals surface area (Å²) in [6.07, 6.45) is 0. The van der Waals surface area contributed by atoms with Gasteiger partial charge in [-0.05, 0) is 42.5 Å². The zero-order valence-electron chi connectivity index (χ0n) is 13.3. The monoisotopic (exact) mass is 327 g/mol. The zero-order chi connectivity index (χ0) is 17.7. The molecule has 3 N–H and O–H groups in total. The van der Waals surface area contributed by atoms with Crippen LogP contribution in [0.3, 0.4) is 0 Å². The Kier molecular flexibility index (Phi) is 5.16. The number of nitrogens with one attached hydrogen (secondary N) is 1. The largest absolute Gasteiger partial charge is 0.497 e. The topological polar surface area (TPSA) is 102 Å². The van der Waals surface area contributed by atoms with Crippen LogP contribution < -0.4 is 20.7 Å². The van der Waals surface area contributed by atoms with Crippen LogP contribution in [0.5, 0.6) is 5.75 Å². The van der Waals surface area contributed by atoms with E-state index in [1.807, 2.05) is 0 Å². The molecule has 7 nitrogen and oxygen atoms in total. The minimum absolute atomic E-state index is 0.234. The van der Waals surface area contributed by atoms with Crippen LogP contribution in [0.15, 0.2) is 48.5 Å². The fourth-order valence-electron chi connectivity index (χ4n) is 2.07. The summed E-state index contributed by atoms with van der Waals surface area (Å²) in [5, 5.41) is 2.44. The van der Waals surface area contributed by atoms with E-state index in [9.17, 15) is 14.4 Å². The van der Waals surface area contributed by atoms with Gasteiger partial charge in [0.1, 0.15) is 5.75 Å². The van der Waals surface area contributed by atoms with E-state index in [-0.39, 0.29) is 5.69 Å². The molecule has 2 rings (SSSR count). The van der Waals surface area contributed by atoms with E-state index < -0.39 is 17.7 Å². The number of ether oxygens (including phenoxy) is 1. The molecule has 0 aliphatic carbocycles. The van der Waals surface area contributed by atoms with Gasteiger partial charge >= 0.3 is 11.8 Å². The number of benzene rings is 2. The highest BCUT2D eigenvalue weighted by Crippen LogP contribution is 2.19. The summed E-state index contributed by atoms with van der Waals surface area (Å²) in [6, 6.07) is 12.6. The van der Waals surface area contributed by atoms with Gasteiger partial charge in [-0.3, -0.25) is 14.4 Å². The van der Waals surface area contributed by atoms with Gasteiger partial charge in [0.05, 0.1) is 12.8 Å². The Morgan fingerprint density at radius 2 is 1.75 bits per heavy atom. The molecular weight excluding hydrogens is 310 g/mol. The first-order valence-electron chi connectivity index (χ1n) is 7.08. The number of amides is 3. The molecule has 2 aromatic carbocycles. The lowest BCUT2D eigenvalue weighted by Gasteiger charge is -2.19. The molecule has 7 heteroatoms. The second-order valence-corrected chi connectivity index (χ2v) is 4.94. The lowest BCUT2D eigenvalue weighted by atomic mass is 10.2. The molecule has 124 valence electrons. The van der Waals surface area contributed by atoms with E-state index in [4.69, 9.17) is 10.5 Å². The van der Waals surface area contributed by atoms with E-state index >= 15 is 0 Å². The third kappa shape index (κ3) is 3.89. The van der Waals surface area contributed by atoms with Crippen molar-refractivity contribution >= 4 is 34.8 Å². The highest BCUT2D eigenvalue weighted by molar-refractivity contribution is 6.48. The van der Waals surface area contributed by atoms with E-state index in [1.54, 1.807) is 36.4 Å². The Balaban J connectivity index is 2.19. The average molecular weight is 327 g/mol. The maximum Gasteiger partial charge on any atom is 0.323 e. The highest BCUT2D eigenvalue weighted by Gasteiger charge is 2.27. The number of hydrogen-bond acceptors (Lipinski definition) is 5. The molecule has 0 bridgehead atoms. The number of nitrogens with two attached hydrogens (primary N) is 1. The maximum atomic E-state index is 12.4. The number of rotatable bonds is 3. The van der Waals surface area contributed by atoms with Crippen LogP contribution in [0.4, 0.5) is 17.1 Å². The highest BCUT2D eigenvalue weighted by atomic mass is 16.5. The fraction of sp³-hybridized carbons (Fsp3) is 0.118. The van der Waals surface area contributed by atoms with Gasteiger partial charge in [0.25, 0.3) is 0 Å². The molecule has 0 aliphatic heterocycles. The van der Waals surface area contributed by atoms with Crippen molar-refractivity contribution in [3.05, 3.63) is 48.5 Å². The molecule has 0 atom stereocenters. The van der Waals surface area contributed by atoms with Crippen molar-refractivity contribution in [3.8, 4) is 5.75 Å². The summed E-state index contributed by atoms with van der Waals surface area (Å²) in [4.78, 5) is 37.1. The smallest absolute Gasteiger partial charge is 0.323 e. The van der Waals surface area contributed by atoms with Crippen LogP contribution >= 0.6 is 0 Å². The van der Waals surface area contributed by atoms with Crippen LogP contribution in [-0.2, 0) is 14.4 Å². The van der Waals surface area contributed by atoms with Crippen LogP contribution in [0.25, 0.3) is 0 Å². The van der Waals surface area contributed by atoms with Gasteiger partial charge in [0, 0.05) is 18.3 Å². The third-order valence-electron chi connectivity index (χ3n) is 3.19. The van der Waals surface area contributed by atoms with Crippen LogP contribution in [-0.4, -0.2) is 24.8 Å². The van der Waals surface area contributed by atoms with Crippen molar-refractivity contribution in [3.63, 3.8) is 0 Å². The Hall–Kier alpha value is -3.35. The quantitative estimate of drug-likeness (QED) is 0.661. The molecule has 24 heavy (non-hydrogen) atoms. The molecule has 0 heterocycles. The first kappa shape index (κ1) is 17.0. The number of nitrogens with zero attached hydrogens (tertiary/aromatic N) is 1. The molecule has 0 saturated heterocycles. The Bertz CT molecular complexity index is 772. The molecule has 0 saturated carbocycles. The molecule has 3 amide bonds. The second-order valence-electron chi connectivity index (χ2n) is 4.94. The van der Waals surface area contributed by atoms with Gasteiger partial charge in [-0.2, -0.15) is 0 Å². The summed E-state index contributed by atoms with van der Waals surface area (Å²) in [6.45, 7) is 1.20. The van der Waals surface area contributed by atoms with E-state index in [0.29, 0.717) is 17.1 Å². The first-order valence-corrected chi connectivity index (χ1v) is 7.08. The molecular formula is C17H17N3O4. The Morgan fingerprint density at radius 3 is 2.29 bits per heavy atom. The van der Waals surface area contributed by atoms with Gasteiger partial charge in [0.2, 0.25) is 5.91 Å². The summed E-state index contributed by atoms with van der Waals surface area (Å²) in [5.74, 6) is -1.90. The van der Waals surface area contributed by atoms with Crippen molar-refractivity contribution in [1.82, 2.24) is 0 Å². The lowest BCUT2D eigenvalue weighted by Crippen LogP contribution is -2.42. The molecule has 0 fully saturated rings. The minimum atomic E-state index is -0.996. The average Bonchev–Trinajstić information content (AvgIpc) is 2.55. The number of carbonyl (C=O) groups is 3. The molecule has 0 spiro atoms. The number of nitrogen functional groups attached to an aromatic ring is 1. The second kappa shape index (κ2) is 7.28. The van der Waals surface area contributed by atoms with Crippen molar-refractivity contribution in [2.45, 2.75) is 6.92 Å². The normalized spacial score (nSPS) is 9.92. The fourth-order valence-corrected chi connectivity index (χ4v) is 2.07. The number of carbonyl (C=O) groups excluding carboxylic acids is 3. The molecule has 0 unspecified atom stereocenters. The van der Waals surface area contributed by atoms with E-state index in [0.717, 1.165) is 4.90 Å². The van der Waals surface area contributed by atoms with Gasteiger partial charge in [-0.15, -0.1) is 0 Å². The SMILES string of the molecule is COc1ccc(NC(=O)C(=O)N(C(C)=O)c2cccc(N)c2)cc1. The van der Waals surface area contributed by atoms with Crippen molar-refractivity contribution in [2.24, 2.45) is 0 Å². The number of anilines is 3. The standard InChI is InChI=1S/C17H17N3O4/c1-11(21)20(14-5-3-4-12(18)10-14)17(23)16(22)19-13-6-8-15(24-2)9-7-13/h3-10H,18H2,1-2H3,(H,19,22).